The van der Waals surface area contributed by atoms with Crippen LogP contribution in [0.1, 0.15) is 25.7 Å². The highest BCUT2D eigenvalue weighted by molar-refractivity contribution is 7.12. The fourth-order valence-electron chi connectivity index (χ4n) is 1.92. The molecule has 2 rings (SSSR count). The zero-order valence-corrected chi connectivity index (χ0v) is 12.1. The Hall–Kier alpha value is -1.81. The maximum Gasteiger partial charge on any atom is 0.252 e. The number of rotatable bonds is 4. The van der Waals surface area contributed by atoms with Crippen LogP contribution in [0.2, 0.25) is 0 Å². The molecule has 0 spiro atoms. The zero-order chi connectivity index (χ0) is 13.8. The molecule has 4 heteroatoms. The van der Waals surface area contributed by atoms with Gasteiger partial charge in [-0.3, -0.25) is 4.79 Å². The van der Waals surface area contributed by atoms with Crippen LogP contribution < -0.4 is 10.1 Å². The van der Waals surface area contributed by atoms with Crippen LogP contribution in [-0.4, -0.2) is 13.0 Å². The molecule has 0 fully saturated rings. The van der Waals surface area contributed by atoms with Crippen LogP contribution >= 0.6 is 11.3 Å². The van der Waals surface area contributed by atoms with E-state index in [-0.39, 0.29) is 5.91 Å². The molecule has 0 radical (unpaired) electrons. The smallest absolute Gasteiger partial charge is 0.252 e. The van der Waals surface area contributed by atoms with Gasteiger partial charge >= 0.3 is 0 Å². The third kappa shape index (κ3) is 3.35. The lowest BCUT2D eigenvalue weighted by molar-refractivity contribution is 0.0950. The maximum atomic E-state index is 12.1. The molecule has 3 nitrogen and oxygen atoms in total. The van der Waals surface area contributed by atoms with Gasteiger partial charge in [0.1, 0.15) is 5.75 Å². The summed E-state index contributed by atoms with van der Waals surface area (Å²) >= 11 is 1.64. The second-order valence-electron chi connectivity index (χ2n) is 4.36. The van der Waals surface area contributed by atoms with Crippen LogP contribution in [-0.2, 0) is 6.54 Å². The molecule has 19 heavy (non-hydrogen) atoms. The Morgan fingerprint density at radius 1 is 1.32 bits per heavy atom. The molecule has 1 aromatic carbocycles. The van der Waals surface area contributed by atoms with E-state index in [1.807, 2.05) is 44.2 Å². The third-order valence-electron chi connectivity index (χ3n) is 2.87. The van der Waals surface area contributed by atoms with Gasteiger partial charge < -0.3 is 10.1 Å². The second-order valence-corrected chi connectivity index (χ2v) is 5.82. The summed E-state index contributed by atoms with van der Waals surface area (Å²) in [4.78, 5) is 14.3. The summed E-state index contributed by atoms with van der Waals surface area (Å²) in [5.74, 6) is 0.777. The summed E-state index contributed by atoms with van der Waals surface area (Å²) in [6.45, 7) is 4.49. The summed E-state index contributed by atoms with van der Waals surface area (Å²) in [5.41, 5.74) is 1.79. The van der Waals surface area contributed by atoms with Gasteiger partial charge in [0.25, 0.3) is 5.91 Å². The van der Waals surface area contributed by atoms with Gasteiger partial charge in [-0.1, -0.05) is 12.1 Å². The Kier molecular flexibility index (Phi) is 4.22. The minimum atomic E-state index is -0.0235. The Morgan fingerprint density at radius 2 is 2.11 bits per heavy atom. The third-order valence-corrected chi connectivity index (χ3v) is 3.84. The van der Waals surface area contributed by atoms with E-state index in [1.165, 1.54) is 0 Å². The van der Waals surface area contributed by atoms with E-state index in [0.29, 0.717) is 6.54 Å². The van der Waals surface area contributed by atoms with E-state index in [1.54, 1.807) is 18.4 Å². The number of carbonyl (C=O) groups is 1. The molecule has 0 saturated carbocycles. The van der Waals surface area contributed by atoms with Crippen molar-refractivity contribution < 1.29 is 9.53 Å². The van der Waals surface area contributed by atoms with Crippen LogP contribution in [0.15, 0.2) is 30.3 Å². The van der Waals surface area contributed by atoms with Crippen molar-refractivity contribution in [3.63, 3.8) is 0 Å². The number of hydrogen-bond acceptors (Lipinski definition) is 3. The molecule has 0 saturated heterocycles. The van der Waals surface area contributed by atoms with E-state index in [2.05, 4.69) is 5.32 Å². The molecule has 1 heterocycles. The summed E-state index contributed by atoms with van der Waals surface area (Å²) < 4.78 is 5.16. The minimum Gasteiger partial charge on any atom is -0.497 e. The first-order valence-corrected chi connectivity index (χ1v) is 6.90. The molecule has 0 atom stereocenters. The van der Waals surface area contributed by atoms with Gasteiger partial charge in [-0.25, -0.2) is 0 Å². The first-order chi connectivity index (χ1) is 9.10. The highest BCUT2D eigenvalue weighted by Gasteiger charge is 2.11. The number of hydrogen-bond donors (Lipinski definition) is 1. The number of carbonyl (C=O) groups excluding carboxylic acids is 1. The van der Waals surface area contributed by atoms with Crippen molar-refractivity contribution in [1.29, 1.82) is 0 Å². The fraction of sp³-hybridized carbons (Fsp3) is 0.267. The minimum absolute atomic E-state index is 0.0235. The van der Waals surface area contributed by atoms with Crippen molar-refractivity contribution in [2.75, 3.05) is 7.11 Å². The summed E-state index contributed by atoms with van der Waals surface area (Å²) in [6, 6.07) is 9.62. The standard InChI is InChI=1S/C15H17NO2S/c1-10-7-14(11(2)19-10)15(17)16-9-12-5-4-6-13(8-12)18-3/h4-8H,9H2,1-3H3,(H,16,17). The average Bonchev–Trinajstić information content (AvgIpc) is 2.75. The van der Waals surface area contributed by atoms with E-state index in [4.69, 9.17) is 4.74 Å². The van der Waals surface area contributed by atoms with Gasteiger partial charge in [0, 0.05) is 16.3 Å². The fourth-order valence-corrected chi connectivity index (χ4v) is 2.84. The number of amides is 1. The van der Waals surface area contributed by atoms with Crippen molar-refractivity contribution in [3.8, 4) is 5.75 Å². The van der Waals surface area contributed by atoms with Crippen LogP contribution in [0.4, 0.5) is 0 Å². The first kappa shape index (κ1) is 13.6. The molecule has 100 valence electrons. The maximum absolute atomic E-state index is 12.1. The van der Waals surface area contributed by atoms with Crippen molar-refractivity contribution in [3.05, 3.63) is 51.2 Å². The molecule has 1 aromatic heterocycles. The lowest BCUT2D eigenvalue weighted by Gasteiger charge is -2.06. The Labute approximate surface area is 117 Å². The molecule has 1 amide bonds. The molecule has 2 aromatic rings. The monoisotopic (exact) mass is 275 g/mol. The van der Waals surface area contributed by atoms with E-state index < -0.39 is 0 Å². The number of ether oxygens (including phenoxy) is 1. The topological polar surface area (TPSA) is 38.3 Å². The largest absolute Gasteiger partial charge is 0.497 e. The molecule has 1 N–H and O–H groups in total. The summed E-state index contributed by atoms with van der Waals surface area (Å²) in [7, 11) is 1.63. The van der Waals surface area contributed by atoms with Crippen molar-refractivity contribution in [1.82, 2.24) is 5.32 Å². The molecular weight excluding hydrogens is 258 g/mol. The second kappa shape index (κ2) is 5.89. The molecule has 0 bridgehead atoms. The zero-order valence-electron chi connectivity index (χ0n) is 11.3. The molecule has 0 aliphatic carbocycles. The predicted molar refractivity (Wildman–Crippen MR) is 78.0 cm³/mol. The number of nitrogens with one attached hydrogen (secondary N) is 1. The van der Waals surface area contributed by atoms with Gasteiger partial charge in [0.05, 0.1) is 12.7 Å². The summed E-state index contributed by atoms with van der Waals surface area (Å²) in [5, 5.41) is 2.93. The van der Waals surface area contributed by atoms with Crippen LogP contribution in [0.25, 0.3) is 0 Å². The van der Waals surface area contributed by atoms with Gasteiger partial charge in [-0.2, -0.15) is 0 Å². The lowest BCUT2D eigenvalue weighted by Crippen LogP contribution is -2.22. The molecule has 0 aliphatic heterocycles. The van der Waals surface area contributed by atoms with E-state index in [9.17, 15) is 4.79 Å². The molecule has 0 aliphatic rings. The van der Waals surface area contributed by atoms with Gasteiger partial charge in [-0.15, -0.1) is 11.3 Å². The number of aryl methyl sites for hydroxylation is 2. The number of methoxy groups -OCH3 is 1. The summed E-state index contributed by atoms with van der Waals surface area (Å²) in [6.07, 6.45) is 0. The highest BCUT2D eigenvalue weighted by Crippen LogP contribution is 2.20. The van der Waals surface area contributed by atoms with Crippen LogP contribution in [0.5, 0.6) is 5.75 Å². The molecular formula is C15H17NO2S. The quantitative estimate of drug-likeness (QED) is 0.929. The SMILES string of the molecule is COc1cccc(CNC(=O)c2cc(C)sc2C)c1. The van der Waals surface area contributed by atoms with Gasteiger partial charge in [0.2, 0.25) is 0 Å². The van der Waals surface area contributed by atoms with E-state index in [0.717, 1.165) is 26.6 Å². The number of thiophene rings is 1. The van der Waals surface area contributed by atoms with Crippen molar-refractivity contribution >= 4 is 17.2 Å². The van der Waals surface area contributed by atoms with Crippen LogP contribution in [0, 0.1) is 13.8 Å². The Balaban J connectivity index is 2.02. The normalized spacial score (nSPS) is 10.3. The number of benzene rings is 1. The Morgan fingerprint density at radius 3 is 2.74 bits per heavy atom. The predicted octanol–water partition coefficient (Wildman–Crippen LogP) is 3.30. The van der Waals surface area contributed by atoms with Gasteiger partial charge in [0.15, 0.2) is 0 Å². The van der Waals surface area contributed by atoms with Crippen molar-refractivity contribution in [2.24, 2.45) is 0 Å². The lowest BCUT2D eigenvalue weighted by atomic mass is 10.2. The van der Waals surface area contributed by atoms with Crippen molar-refractivity contribution in [2.45, 2.75) is 20.4 Å². The highest BCUT2D eigenvalue weighted by atomic mass is 32.1. The van der Waals surface area contributed by atoms with Crippen LogP contribution in [0.3, 0.4) is 0 Å². The van der Waals surface area contributed by atoms with Gasteiger partial charge in [-0.05, 0) is 37.6 Å². The molecule has 0 unspecified atom stereocenters. The average molecular weight is 275 g/mol. The first-order valence-electron chi connectivity index (χ1n) is 6.08. The Bertz CT molecular complexity index is 590. The van der Waals surface area contributed by atoms with E-state index >= 15 is 0 Å².